The maximum Gasteiger partial charge on any atom is 0.165 e. The number of ether oxygens (including phenoxy) is 1. The molecule has 2 nitrogen and oxygen atoms in total. The molecule has 1 aromatic rings. The molecule has 0 aliphatic carbocycles. The molecule has 1 atom stereocenters. The molecule has 0 fully saturated rings. The Kier molecular flexibility index (Phi) is 6.77. The van der Waals surface area contributed by atoms with Crippen molar-refractivity contribution < 1.29 is 9.13 Å². The standard InChI is InChI=1S/C12H16FNO.ClH/c1-3-4-8-11(14)9-6-5-7-10(13)12(9)15-2;/h3,5-7,11H,1,4,8,14H2,2H3;1H/t11-;/m1./s1. The summed E-state index contributed by atoms with van der Waals surface area (Å²) in [7, 11) is 1.45. The second kappa shape index (κ2) is 7.25. The van der Waals surface area contributed by atoms with Gasteiger partial charge in [0, 0.05) is 11.6 Å². The number of allylic oxidation sites excluding steroid dienone is 1. The molecule has 0 saturated carbocycles. The Morgan fingerprint density at radius 2 is 2.25 bits per heavy atom. The number of methoxy groups -OCH3 is 1. The number of hydrogen-bond acceptors (Lipinski definition) is 2. The van der Waals surface area contributed by atoms with Crippen LogP contribution in [0.4, 0.5) is 4.39 Å². The summed E-state index contributed by atoms with van der Waals surface area (Å²) < 4.78 is 18.3. The van der Waals surface area contributed by atoms with Crippen LogP contribution in [-0.4, -0.2) is 7.11 Å². The van der Waals surface area contributed by atoms with E-state index in [1.165, 1.54) is 13.2 Å². The fourth-order valence-electron chi connectivity index (χ4n) is 1.49. The smallest absolute Gasteiger partial charge is 0.165 e. The first kappa shape index (κ1) is 14.9. The Hall–Kier alpha value is -1.06. The average Bonchev–Trinajstić information content (AvgIpc) is 2.25. The number of para-hydroxylation sites is 1. The molecule has 0 heterocycles. The SMILES string of the molecule is C=CCC[C@@H](N)c1cccc(F)c1OC.Cl. The van der Waals surface area contributed by atoms with Crippen LogP contribution in [0.2, 0.25) is 0 Å². The molecule has 0 aliphatic heterocycles. The van der Waals surface area contributed by atoms with E-state index < -0.39 is 0 Å². The second-order valence-electron chi connectivity index (χ2n) is 3.33. The number of rotatable bonds is 5. The van der Waals surface area contributed by atoms with Crippen molar-refractivity contribution in [3.63, 3.8) is 0 Å². The highest BCUT2D eigenvalue weighted by molar-refractivity contribution is 5.85. The van der Waals surface area contributed by atoms with Gasteiger partial charge in [-0.25, -0.2) is 4.39 Å². The summed E-state index contributed by atoms with van der Waals surface area (Å²) in [4.78, 5) is 0. The summed E-state index contributed by atoms with van der Waals surface area (Å²) in [6.07, 6.45) is 3.34. The highest BCUT2D eigenvalue weighted by Crippen LogP contribution is 2.28. The summed E-state index contributed by atoms with van der Waals surface area (Å²) in [5.74, 6) is -0.127. The molecule has 16 heavy (non-hydrogen) atoms. The van der Waals surface area contributed by atoms with E-state index in [0.717, 1.165) is 12.8 Å². The predicted molar refractivity (Wildman–Crippen MR) is 66.6 cm³/mol. The van der Waals surface area contributed by atoms with E-state index in [-0.39, 0.29) is 30.0 Å². The Bertz CT molecular complexity index is 344. The minimum atomic E-state index is -0.371. The topological polar surface area (TPSA) is 35.2 Å². The van der Waals surface area contributed by atoms with Gasteiger partial charge in [0.15, 0.2) is 11.6 Å². The van der Waals surface area contributed by atoms with Gasteiger partial charge in [0.05, 0.1) is 7.11 Å². The molecule has 0 bridgehead atoms. The Morgan fingerprint density at radius 3 is 2.81 bits per heavy atom. The van der Waals surface area contributed by atoms with Crippen LogP contribution in [0.1, 0.15) is 24.4 Å². The summed E-state index contributed by atoms with van der Waals surface area (Å²) in [6.45, 7) is 3.63. The first-order valence-electron chi connectivity index (χ1n) is 4.89. The highest BCUT2D eigenvalue weighted by Gasteiger charge is 2.14. The zero-order valence-electron chi connectivity index (χ0n) is 9.28. The number of hydrogen-bond donors (Lipinski definition) is 1. The minimum Gasteiger partial charge on any atom is -0.493 e. The lowest BCUT2D eigenvalue weighted by Crippen LogP contribution is -2.11. The molecule has 0 amide bonds. The van der Waals surface area contributed by atoms with Crippen LogP contribution in [-0.2, 0) is 0 Å². The fourth-order valence-corrected chi connectivity index (χ4v) is 1.49. The van der Waals surface area contributed by atoms with Crippen LogP contribution in [0.3, 0.4) is 0 Å². The average molecular weight is 246 g/mol. The van der Waals surface area contributed by atoms with Crippen molar-refractivity contribution in [3.05, 3.63) is 42.2 Å². The van der Waals surface area contributed by atoms with Gasteiger partial charge in [0.1, 0.15) is 0 Å². The number of nitrogens with two attached hydrogens (primary N) is 1. The van der Waals surface area contributed by atoms with Gasteiger partial charge >= 0.3 is 0 Å². The molecule has 2 N–H and O–H groups in total. The van der Waals surface area contributed by atoms with Gasteiger partial charge in [0.25, 0.3) is 0 Å². The molecule has 1 aromatic carbocycles. The summed E-state index contributed by atoms with van der Waals surface area (Å²) in [6, 6.07) is 4.58. The van der Waals surface area contributed by atoms with Gasteiger partial charge in [-0.2, -0.15) is 0 Å². The van der Waals surface area contributed by atoms with Crippen molar-refractivity contribution in [2.24, 2.45) is 5.73 Å². The zero-order valence-corrected chi connectivity index (χ0v) is 10.1. The molecular formula is C12H17ClFNO. The van der Waals surface area contributed by atoms with E-state index in [1.807, 2.05) is 0 Å². The van der Waals surface area contributed by atoms with Crippen LogP contribution >= 0.6 is 12.4 Å². The highest BCUT2D eigenvalue weighted by atomic mass is 35.5. The second-order valence-corrected chi connectivity index (χ2v) is 3.33. The van der Waals surface area contributed by atoms with E-state index in [1.54, 1.807) is 18.2 Å². The van der Waals surface area contributed by atoms with Crippen LogP contribution in [0, 0.1) is 5.82 Å². The third-order valence-electron chi connectivity index (χ3n) is 2.28. The van der Waals surface area contributed by atoms with Gasteiger partial charge in [-0.05, 0) is 18.9 Å². The van der Waals surface area contributed by atoms with E-state index in [9.17, 15) is 4.39 Å². The number of halogens is 2. The van der Waals surface area contributed by atoms with Crippen molar-refractivity contribution >= 4 is 12.4 Å². The fraction of sp³-hybridized carbons (Fsp3) is 0.333. The Morgan fingerprint density at radius 1 is 1.56 bits per heavy atom. The lowest BCUT2D eigenvalue weighted by Gasteiger charge is -2.15. The molecular weight excluding hydrogens is 229 g/mol. The summed E-state index contributed by atoms with van der Waals surface area (Å²) >= 11 is 0. The van der Waals surface area contributed by atoms with E-state index in [4.69, 9.17) is 10.5 Å². The number of benzene rings is 1. The molecule has 90 valence electrons. The predicted octanol–water partition coefficient (Wildman–Crippen LogP) is 3.22. The minimum absolute atomic E-state index is 0. The van der Waals surface area contributed by atoms with E-state index in [0.29, 0.717) is 5.56 Å². The molecule has 0 aliphatic rings. The van der Waals surface area contributed by atoms with Gasteiger partial charge in [0.2, 0.25) is 0 Å². The van der Waals surface area contributed by atoms with Gasteiger partial charge in [-0.3, -0.25) is 0 Å². The molecule has 1 rings (SSSR count). The van der Waals surface area contributed by atoms with Gasteiger partial charge < -0.3 is 10.5 Å². The van der Waals surface area contributed by atoms with Crippen LogP contribution in [0.15, 0.2) is 30.9 Å². The van der Waals surface area contributed by atoms with Crippen LogP contribution in [0.5, 0.6) is 5.75 Å². The zero-order chi connectivity index (χ0) is 11.3. The largest absolute Gasteiger partial charge is 0.493 e. The van der Waals surface area contributed by atoms with Crippen molar-refractivity contribution in [2.45, 2.75) is 18.9 Å². The molecule has 0 radical (unpaired) electrons. The summed E-state index contributed by atoms with van der Waals surface area (Å²) in [5, 5.41) is 0. The van der Waals surface area contributed by atoms with Crippen LogP contribution < -0.4 is 10.5 Å². The van der Waals surface area contributed by atoms with Crippen molar-refractivity contribution in [2.75, 3.05) is 7.11 Å². The van der Waals surface area contributed by atoms with E-state index in [2.05, 4.69) is 6.58 Å². The van der Waals surface area contributed by atoms with Crippen molar-refractivity contribution in [1.29, 1.82) is 0 Å². The molecule has 0 saturated heterocycles. The van der Waals surface area contributed by atoms with Crippen molar-refractivity contribution in [3.8, 4) is 5.75 Å². The maximum absolute atomic E-state index is 13.3. The quantitative estimate of drug-likeness (QED) is 0.809. The molecule has 0 unspecified atom stereocenters. The third kappa shape index (κ3) is 3.51. The normalized spacial score (nSPS) is 11.4. The molecule has 4 heteroatoms. The summed E-state index contributed by atoms with van der Waals surface area (Å²) in [5.41, 5.74) is 6.64. The molecule has 0 spiro atoms. The first-order chi connectivity index (χ1) is 7.20. The van der Waals surface area contributed by atoms with Gasteiger partial charge in [-0.15, -0.1) is 19.0 Å². The van der Waals surface area contributed by atoms with Gasteiger partial charge in [-0.1, -0.05) is 18.2 Å². The van der Waals surface area contributed by atoms with Crippen molar-refractivity contribution in [1.82, 2.24) is 0 Å². The van der Waals surface area contributed by atoms with E-state index >= 15 is 0 Å². The lowest BCUT2D eigenvalue weighted by molar-refractivity contribution is 0.376. The lowest BCUT2D eigenvalue weighted by atomic mass is 10.0. The molecule has 0 aromatic heterocycles. The Balaban J connectivity index is 0.00000225. The first-order valence-corrected chi connectivity index (χ1v) is 4.89. The van der Waals surface area contributed by atoms with Crippen LogP contribution in [0.25, 0.3) is 0 Å². The maximum atomic E-state index is 13.3. The Labute approximate surface area is 102 Å². The third-order valence-corrected chi connectivity index (χ3v) is 2.28. The monoisotopic (exact) mass is 245 g/mol.